The summed E-state index contributed by atoms with van der Waals surface area (Å²) in [6.07, 6.45) is 6.84. The molecule has 33 heavy (non-hydrogen) atoms. The molecule has 2 heterocycles. The van der Waals surface area contributed by atoms with E-state index in [1.54, 1.807) is 30.3 Å². The van der Waals surface area contributed by atoms with Crippen molar-refractivity contribution in [1.29, 1.82) is 0 Å². The summed E-state index contributed by atoms with van der Waals surface area (Å²) in [6.45, 7) is 0.683. The maximum atomic E-state index is 13.2. The lowest BCUT2D eigenvalue weighted by Crippen LogP contribution is -2.41. The molecule has 0 atom stereocenters. The number of carbonyl (C=O) groups excluding carboxylic acids is 1. The maximum Gasteiger partial charge on any atom is 0.243 e. The Labute approximate surface area is 194 Å². The van der Waals surface area contributed by atoms with Crippen LogP contribution in [0.15, 0.2) is 59.5 Å². The summed E-state index contributed by atoms with van der Waals surface area (Å²) in [6, 6.07) is 16.9. The van der Waals surface area contributed by atoms with Gasteiger partial charge in [0.25, 0.3) is 0 Å². The summed E-state index contributed by atoms with van der Waals surface area (Å²) >= 11 is 0. The number of sulfonamides is 1. The van der Waals surface area contributed by atoms with Crippen LogP contribution in [0.2, 0.25) is 0 Å². The predicted octanol–water partition coefficient (Wildman–Crippen LogP) is 4.58. The van der Waals surface area contributed by atoms with E-state index in [2.05, 4.69) is 16.0 Å². The molecule has 174 valence electrons. The Bertz CT molecular complexity index is 1230. The lowest BCUT2D eigenvalue weighted by molar-refractivity contribution is -0.121. The number of anilines is 1. The summed E-state index contributed by atoms with van der Waals surface area (Å²) < 4.78 is 29.5. The number of piperidine rings is 1. The van der Waals surface area contributed by atoms with Gasteiger partial charge in [-0.2, -0.15) is 4.31 Å². The molecule has 0 radical (unpaired) electrons. The summed E-state index contributed by atoms with van der Waals surface area (Å²) in [5.41, 5.74) is 1.95. The Morgan fingerprint density at radius 3 is 2.27 bits per heavy atom. The van der Waals surface area contributed by atoms with E-state index in [0.29, 0.717) is 42.8 Å². The van der Waals surface area contributed by atoms with Gasteiger partial charge in [-0.15, -0.1) is 0 Å². The van der Waals surface area contributed by atoms with Gasteiger partial charge in [0.1, 0.15) is 0 Å². The molecule has 1 amide bonds. The highest BCUT2D eigenvalue weighted by Gasteiger charge is 2.33. The van der Waals surface area contributed by atoms with Gasteiger partial charge < -0.3 is 4.57 Å². The van der Waals surface area contributed by atoms with Crippen molar-refractivity contribution in [1.82, 2.24) is 13.9 Å². The number of carbonyl (C=O) groups is 1. The lowest BCUT2D eigenvalue weighted by atomic mass is 9.95. The van der Waals surface area contributed by atoms with E-state index in [0.717, 1.165) is 23.9 Å². The second-order valence-electron chi connectivity index (χ2n) is 9.07. The van der Waals surface area contributed by atoms with Crippen LogP contribution < -0.4 is 5.32 Å². The fourth-order valence-corrected chi connectivity index (χ4v) is 6.64. The largest absolute Gasteiger partial charge is 0.307 e. The first-order chi connectivity index (χ1) is 16.0. The number of benzene rings is 2. The van der Waals surface area contributed by atoms with E-state index >= 15 is 0 Å². The van der Waals surface area contributed by atoms with Crippen LogP contribution in [0, 0.1) is 5.92 Å². The molecule has 3 aromatic rings. The zero-order valence-corrected chi connectivity index (χ0v) is 19.5. The highest BCUT2D eigenvalue weighted by atomic mass is 32.2. The zero-order chi connectivity index (χ0) is 22.8. The van der Waals surface area contributed by atoms with Gasteiger partial charge >= 0.3 is 0 Å². The van der Waals surface area contributed by atoms with Crippen molar-refractivity contribution in [3.63, 3.8) is 0 Å². The Kier molecular flexibility index (Phi) is 6.21. The lowest BCUT2D eigenvalue weighted by Gasteiger charge is -2.31. The molecule has 1 saturated heterocycles. The number of imidazole rings is 1. The van der Waals surface area contributed by atoms with E-state index in [4.69, 9.17) is 4.98 Å². The van der Waals surface area contributed by atoms with Gasteiger partial charge in [0.2, 0.25) is 21.9 Å². The second kappa shape index (κ2) is 9.27. The minimum absolute atomic E-state index is 0.0703. The van der Waals surface area contributed by atoms with Crippen LogP contribution in [0.4, 0.5) is 5.95 Å². The molecule has 7 nitrogen and oxygen atoms in total. The molecule has 2 aromatic carbocycles. The minimum Gasteiger partial charge on any atom is -0.307 e. The van der Waals surface area contributed by atoms with Gasteiger partial charge in [-0.25, -0.2) is 13.4 Å². The number of para-hydroxylation sites is 2. The van der Waals surface area contributed by atoms with E-state index in [9.17, 15) is 13.2 Å². The Morgan fingerprint density at radius 2 is 1.55 bits per heavy atom. The van der Waals surface area contributed by atoms with Crippen molar-refractivity contribution in [2.75, 3.05) is 18.4 Å². The first-order valence-electron chi connectivity index (χ1n) is 11.9. The van der Waals surface area contributed by atoms with Gasteiger partial charge in [-0.1, -0.05) is 49.6 Å². The third-order valence-electron chi connectivity index (χ3n) is 6.98. The Balaban J connectivity index is 1.30. The van der Waals surface area contributed by atoms with E-state index in [-0.39, 0.29) is 11.8 Å². The van der Waals surface area contributed by atoms with Crippen molar-refractivity contribution in [2.45, 2.75) is 55.9 Å². The summed E-state index contributed by atoms with van der Waals surface area (Å²) in [4.78, 5) is 18.2. The molecule has 5 rings (SSSR count). The Hall–Kier alpha value is -2.71. The number of amides is 1. The molecule has 0 bridgehead atoms. The van der Waals surface area contributed by atoms with Gasteiger partial charge in [-0.3, -0.25) is 10.1 Å². The number of nitrogens with one attached hydrogen (secondary N) is 1. The van der Waals surface area contributed by atoms with Crippen molar-refractivity contribution in [3.8, 4) is 0 Å². The molecular weight excluding hydrogens is 436 g/mol. The number of aromatic nitrogens is 2. The monoisotopic (exact) mass is 466 g/mol. The molecule has 8 heteroatoms. The van der Waals surface area contributed by atoms with Gasteiger partial charge in [0.05, 0.1) is 15.9 Å². The minimum atomic E-state index is -3.52. The van der Waals surface area contributed by atoms with E-state index in [1.807, 2.05) is 18.2 Å². The molecule has 0 unspecified atom stereocenters. The Morgan fingerprint density at radius 1 is 0.879 bits per heavy atom. The predicted molar refractivity (Wildman–Crippen MR) is 128 cm³/mol. The van der Waals surface area contributed by atoms with Crippen LogP contribution >= 0.6 is 0 Å². The number of hydrogen-bond acceptors (Lipinski definition) is 4. The molecule has 2 fully saturated rings. The highest BCUT2D eigenvalue weighted by molar-refractivity contribution is 7.89. The molecule has 0 spiro atoms. The number of hydrogen-bond donors (Lipinski definition) is 1. The van der Waals surface area contributed by atoms with Crippen LogP contribution in [0.5, 0.6) is 0 Å². The van der Waals surface area contributed by atoms with Crippen LogP contribution in [0.3, 0.4) is 0 Å². The van der Waals surface area contributed by atoms with Crippen LogP contribution in [-0.4, -0.2) is 41.3 Å². The standard InChI is InChI=1S/C25H30N4O3S/c30-24(19-15-17-28(18-16-19)33(31,32)21-11-5-2-6-12-21)27-25-26-22-13-7-8-14-23(22)29(25)20-9-3-1-4-10-20/h2,5-8,11-14,19-20H,1,3-4,9-10,15-18H2,(H,26,27,30). The van der Waals surface area contributed by atoms with Gasteiger partial charge in [0.15, 0.2) is 0 Å². The maximum absolute atomic E-state index is 13.2. The quantitative estimate of drug-likeness (QED) is 0.596. The molecule has 1 aromatic heterocycles. The topological polar surface area (TPSA) is 84.3 Å². The number of rotatable bonds is 5. The fourth-order valence-electron chi connectivity index (χ4n) is 5.15. The van der Waals surface area contributed by atoms with Gasteiger partial charge in [0, 0.05) is 25.0 Å². The van der Waals surface area contributed by atoms with Crippen molar-refractivity contribution >= 4 is 32.9 Å². The molecule has 2 aliphatic rings. The first kappa shape index (κ1) is 22.1. The third kappa shape index (κ3) is 4.42. The first-order valence-corrected chi connectivity index (χ1v) is 13.3. The average molecular weight is 467 g/mol. The smallest absolute Gasteiger partial charge is 0.243 e. The van der Waals surface area contributed by atoms with Crippen molar-refractivity contribution < 1.29 is 13.2 Å². The zero-order valence-electron chi connectivity index (χ0n) is 18.7. The van der Waals surface area contributed by atoms with Crippen LogP contribution in [-0.2, 0) is 14.8 Å². The third-order valence-corrected chi connectivity index (χ3v) is 8.89. The fraction of sp³-hybridized carbons (Fsp3) is 0.440. The van der Waals surface area contributed by atoms with E-state index < -0.39 is 10.0 Å². The van der Waals surface area contributed by atoms with E-state index in [1.165, 1.54) is 23.6 Å². The number of nitrogens with zero attached hydrogens (tertiary/aromatic N) is 3. The van der Waals surface area contributed by atoms with Crippen LogP contribution in [0.25, 0.3) is 11.0 Å². The average Bonchev–Trinajstić information content (AvgIpc) is 3.23. The summed E-state index contributed by atoms with van der Waals surface area (Å²) in [5, 5.41) is 3.10. The number of fused-ring (bicyclic) bond motifs is 1. The van der Waals surface area contributed by atoms with Crippen molar-refractivity contribution in [2.24, 2.45) is 5.92 Å². The summed E-state index contributed by atoms with van der Waals surface area (Å²) in [5.74, 6) is 0.318. The van der Waals surface area contributed by atoms with Gasteiger partial charge in [-0.05, 0) is 49.9 Å². The molecule has 1 aliphatic heterocycles. The van der Waals surface area contributed by atoms with Crippen LogP contribution in [0.1, 0.15) is 51.0 Å². The molecule has 1 aliphatic carbocycles. The highest BCUT2D eigenvalue weighted by Crippen LogP contribution is 2.34. The molecular formula is C25H30N4O3S. The molecule has 1 N–H and O–H groups in total. The summed E-state index contributed by atoms with van der Waals surface area (Å²) in [7, 11) is -3.52. The van der Waals surface area contributed by atoms with Crippen molar-refractivity contribution in [3.05, 3.63) is 54.6 Å². The SMILES string of the molecule is O=C(Nc1nc2ccccc2n1C1CCCCC1)C1CCN(S(=O)(=O)c2ccccc2)CC1. The second-order valence-corrected chi connectivity index (χ2v) is 11.0. The molecule has 1 saturated carbocycles. The normalized spacial score (nSPS) is 19.0.